The number of fused-ring (bicyclic) bond motifs is 1. The van der Waals surface area contributed by atoms with Crippen LogP contribution < -0.4 is 10.6 Å². The highest BCUT2D eigenvalue weighted by atomic mass is 16.5. The molecule has 0 saturated heterocycles. The molecule has 2 heterocycles. The van der Waals surface area contributed by atoms with Crippen LogP contribution in [0.25, 0.3) is 10.9 Å². The SMILES string of the molecule is CCOC(=O)C1=C(COC(=O)c2cn(C)c3ccccc23)NC(=O)NC1. The van der Waals surface area contributed by atoms with Gasteiger partial charge in [-0.3, -0.25) is 0 Å². The van der Waals surface area contributed by atoms with Gasteiger partial charge in [0.05, 0.1) is 30.0 Å². The van der Waals surface area contributed by atoms with Gasteiger partial charge in [0.2, 0.25) is 0 Å². The average molecular weight is 357 g/mol. The molecule has 0 atom stereocenters. The third-order valence-electron chi connectivity index (χ3n) is 4.04. The maximum atomic E-state index is 12.5. The van der Waals surface area contributed by atoms with Crippen LogP contribution in [0.5, 0.6) is 0 Å². The number of benzene rings is 1. The zero-order chi connectivity index (χ0) is 18.7. The predicted molar refractivity (Wildman–Crippen MR) is 93.4 cm³/mol. The van der Waals surface area contributed by atoms with Gasteiger partial charge in [0.25, 0.3) is 0 Å². The average Bonchev–Trinajstić information content (AvgIpc) is 2.97. The number of aryl methyl sites for hydroxylation is 1. The molecule has 0 spiro atoms. The van der Waals surface area contributed by atoms with Crippen LogP contribution in [0.15, 0.2) is 41.7 Å². The molecule has 0 saturated carbocycles. The molecule has 1 aliphatic rings. The maximum absolute atomic E-state index is 12.5. The number of hydrogen-bond donors (Lipinski definition) is 2. The van der Waals surface area contributed by atoms with Gasteiger partial charge in [-0.15, -0.1) is 0 Å². The Morgan fingerprint density at radius 1 is 1.19 bits per heavy atom. The molecule has 136 valence electrons. The van der Waals surface area contributed by atoms with Crippen molar-refractivity contribution in [3.63, 3.8) is 0 Å². The standard InChI is InChI=1S/C18H19N3O5/c1-3-25-16(22)12-8-19-18(24)20-14(12)10-26-17(23)13-9-21(2)15-7-5-4-6-11(13)15/h4-7,9H,3,8,10H2,1-2H3,(H2,19,20,24). The number of amides is 2. The van der Waals surface area contributed by atoms with Crippen LogP contribution in [0, 0.1) is 0 Å². The Morgan fingerprint density at radius 2 is 1.96 bits per heavy atom. The van der Waals surface area contributed by atoms with Gasteiger partial charge < -0.3 is 24.7 Å². The van der Waals surface area contributed by atoms with Crippen molar-refractivity contribution in [1.29, 1.82) is 0 Å². The number of carbonyl (C=O) groups is 3. The van der Waals surface area contributed by atoms with E-state index in [-0.39, 0.29) is 31.0 Å². The highest BCUT2D eigenvalue weighted by Gasteiger charge is 2.25. The zero-order valence-electron chi connectivity index (χ0n) is 14.5. The van der Waals surface area contributed by atoms with Crippen molar-refractivity contribution in [3.8, 4) is 0 Å². The van der Waals surface area contributed by atoms with Crippen LogP contribution in [-0.4, -0.2) is 42.3 Å². The molecule has 2 aromatic rings. The molecule has 1 aromatic carbocycles. The quantitative estimate of drug-likeness (QED) is 0.790. The first kappa shape index (κ1) is 17.5. The summed E-state index contributed by atoms with van der Waals surface area (Å²) in [4.78, 5) is 36.0. The molecule has 3 rings (SSSR count). The van der Waals surface area contributed by atoms with Crippen LogP contribution in [0.3, 0.4) is 0 Å². The fourth-order valence-electron chi connectivity index (χ4n) is 2.79. The first-order valence-corrected chi connectivity index (χ1v) is 8.16. The summed E-state index contributed by atoms with van der Waals surface area (Å²) in [6.07, 6.45) is 1.69. The Bertz CT molecular complexity index is 913. The number of carbonyl (C=O) groups excluding carboxylic acids is 3. The molecule has 26 heavy (non-hydrogen) atoms. The first-order chi connectivity index (χ1) is 12.5. The number of esters is 2. The first-order valence-electron chi connectivity index (χ1n) is 8.16. The Balaban J connectivity index is 1.80. The molecule has 0 unspecified atom stereocenters. The summed E-state index contributed by atoms with van der Waals surface area (Å²) in [5, 5.41) is 5.77. The lowest BCUT2D eigenvalue weighted by molar-refractivity contribution is -0.138. The van der Waals surface area contributed by atoms with Crippen molar-refractivity contribution in [1.82, 2.24) is 15.2 Å². The lowest BCUT2D eigenvalue weighted by Gasteiger charge is -2.21. The summed E-state index contributed by atoms with van der Waals surface area (Å²) in [5.74, 6) is -1.10. The van der Waals surface area contributed by atoms with Gasteiger partial charge in [0, 0.05) is 24.1 Å². The summed E-state index contributed by atoms with van der Waals surface area (Å²) in [5.41, 5.74) is 1.78. The van der Waals surface area contributed by atoms with Gasteiger partial charge in [-0.25, -0.2) is 14.4 Å². The Morgan fingerprint density at radius 3 is 2.73 bits per heavy atom. The Labute approximate surface area is 149 Å². The van der Waals surface area contributed by atoms with Crippen LogP contribution >= 0.6 is 0 Å². The highest BCUT2D eigenvalue weighted by molar-refractivity contribution is 6.04. The molecular weight excluding hydrogens is 338 g/mol. The molecule has 0 aliphatic carbocycles. The largest absolute Gasteiger partial charge is 0.463 e. The highest BCUT2D eigenvalue weighted by Crippen LogP contribution is 2.21. The molecule has 2 amide bonds. The summed E-state index contributed by atoms with van der Waals surface area (Å²) >= 11 is 0. The van der Waals surface area contributed by atoms with E-state index in [0.717, 1.165) is 10.9 Å². The van der Waals surface area contributed by atoms with Gasteiger partial charge in [-0.1, -0.05) is 18.2 Å². The molecule has 0 bridgehead atoms. The molecule has 1 aromatic heterocycles. The monoisotopic (exact) mass is 357 g/mol. The van der Waals surface area contributed by atoms with Gasteiger partial charge in [0.1, 0.15) is 6.61 Å². The second kappa shape index (κ2) is 7.30. The lowest BCUT2D eigenvalue weighted by atomic mass is 10.1. The number of nitrogens with zero attached hydrogens (tertiary/aromatic N) is 1. The number of ether oxygens (including phenoxy) is 2. The van der Waals surface area contributed by atoms with E-state index < -0.39 is 18.0 Å². The number of rotatable bonds is 5. The van der Waals surface area contributed by atoms with Crippen LogP contribution in [0.2, 0.25) is 0 Å². The predicted octanol–water partition coefficient (Wildman–Crippen LogP) is 1.47. The zero-order valence-corrected chi connectivity index (χ0v) is 14.5. The molecule has 0 radical (unpaired) electrons. The summed E-state index contributed by atoms with van der Waals surface area (Å²) in [6.45, 7) is 1.68. The van der Waals surface area contributed by atoms with Crippen molar-refractivity contribution < 1.29 is 23.9 Å². The molecule has 1 aliphatic heterocycles. The van der Waals surface area contributed by atoms with E-state index in [1.54, 1.807) is 13.1 Å². The van der Waals surface area contributed by atoms with E-state index in [2.05, 4.69) is 10.6 Å². The molecule has 2 N–H and O–H groups in total. The fraction of sp³-hybridized carbons (Fsp3) is 0.278. The third kappa shape index (κ3) is 3.39. The number of urea groups is 1. The second-order valence-corrected chi connectivity index (χ2v) is 5.73. The lowest BCUT2D eigenvalue weighted by Crippen LogP contribution is -2.45. The van der Waals surface area contributed by atoms with Gasteiger partial charge in [-0.05, 0) is 13.0 Å². The molecular formula is C18H19N3O5. The minimum atomic E-state index is -0.559. The van der Waals surface area contributed by atoms with E-state index >= 15 is 0 Å². The molecule has 0 fully saturated rings. The van der Waals surface area contributed by atoms with Gasteiger partial charge in [-0.2, -0.15) is 0 Å². The normalized spacial score (nSPS) is 14.0. The number of aromatic nitrogens is 1. The number of nitrogens with one attached hydrogen (secondary N) is 2. The van der Waals surface area contributed by atoms with Gasteiger partial charge >= 0.3 is 18.0 Å². The molecule has 8 nitrogen and oxygen atoms in total. The van der Waals surface area contributed by atoms with Crippen LogP contribution in [-0.2, 0) is 21.3 Å². The Kier molecular flexibility index (Phi) is 4.92. The van der Waals surface area contributed by atoms with Crippen LogP contribution in [0.1, 0.15) is 17.3 Å². The van der Waals surface area contributed by atoms with E-state index in [4.69, 9.17) is 9.47 Å². The second-order valence-electron chi connectivity index (χ2n) is 5.73. The minimum Gasteiger partial charge on any atom is -0.463 e. The summed E-state index contributed by atoms with van der Waals surface area (Å²) in [6, 6.07) is 7.00. The van der Waals surface area contributed by atoms with Crippen molar-refractivity contribution in [3.05, 3.63) is 47.3 Å². The minimum absolute atomic E-state index is 0.0197. The van der Waals surface area contributed by atoms with Crippen LogP contribution in [0.4, 0.5) is 4.79 Å². The van der Waals surface area contributed by atoms with E-state index in [1.165, 1.54) is 0 Å². The number of para-hydroxylation sites is 1. The topological polar surface area (TPSA) is 98.7 Å². The number of hydrogen-bond acceptors (Lipinski definition) is 5. The summed E-state index contributed by atoms with van der Waals surface area (Å²) in [7, 11) is 1.84. The van der Waals surface area contributed by atoms with Crippen molar-refractivity contribution in [2.75, 3.05) is 19.8 Å². The van der Waals surface area contributed by atoms with Crippen molar-refractivity contribution >= 4 is 28.9 Å². The smallest absolute Gasteiger partial charge is 0.340 e. The molecule has 8 heteroatoms. The van der Waals surface area contributed by atoms with E-state index in [9.17, 15) is 14.4 Å². The maximum Gasteiger partial charge on any atom is 0.340 e. The van der Waals surface area contributed by atoms with E-state index in [0.29, 0.717) is 5.56 Å². The fourth-order valence-corrected chi connectivity index (χ4v) is 2.79. The van der Waals surface area contributed by atoms with Crippen molar-refractivity contribution in [2.24, 2.45) is 7.05 Å². The van der Waals surface area contributed by atoms with Gasteiger partial charge in [0.15, 0.2) is 0 Å². The Hall–Kier alpha value is -3.29. The summed E-state index contributed by atoms with van der Waals surface area (Å²) < 4.78 is 12.1. The van der Waals surface area contributed by atoms with E-state index in [1.807, 2.05) is 35.9 Å². The van der Waals surface area contributed by atoms with Crippen molar-refractivity contribution in [2.45, 2.75) is 6.92 Å². The third-order valence-corrected chi connectivity index (χ3v) is 4.04.